The Bertz CT molecular complexity index is 523. The molecule has 0 unspecified atom stereocenters. The van der Waals surface area contributed by atoms with Crippen LogP contribution >= 0.6 is 15.9 Å². The van der Waals surface area contributed by atoms with Gasteiger partial charge < -0.3 is 14.8 Å². The molecule has 0 saturated heterocycles. The van der Waals surface area contributed by atoms with E-state index < -0.39 is 0 Å². The zero-order valence-corrected chi connectivity index (χ0v) is 11.4. The molecule has 0 bridgehead atoms. The minimum atomic E-state index is -0.227. The van der Waals surface area contributed by atoms with Crippen molar-refractivity contribution in [2.45, 2.75) is 25.8 Å². The summed E-state index contributed by atoms with van der Waals surface area (Å²) in [4.78, 5) is 8.64. The molecule has 2 aromatic heterocycles. The fourth-order valence-electron chi connectivity index (χ4n) is 1.65. The molecule has 6 heteroatoms. The number of hydrogen-bond donors (Lipinski definition) is 2. The summed E-state index contributed by atoms with van der Waals surface area (Å²) in [5, 5.41) is 12.3. The van der Waals surface area contributed by atoms with Gasteiger partial charge in [-0.3, -0.25) is 0 Å². The first-order valence-electron chi connectivity index (χ1n) is 5.40. The number of halogens is 1. The Kier molecular flexibility index (Phi) is 3.35. The average Bonchev–Trinajstić information content (AvgIpc) is 2.64. The molecule has 0 aromatic carbocycles. The van der Waals surface area contributed by atoms with Crippen LogP contribution in [-0.2, 0) is 0 Å². The lowest BCUT2D eigenvalue weighted by atomic mass is 10.0. The lowest BCUT2D eigenvalue weighted by Crippen LogP contribution is -2.32. The molecule has 0 fully saturated rings. The molecule has 5 nitrogen and oxygen atoms in total. The minimum absolute atomic E-state index is 0.138. The van der Waals surface area contributed by atoms with Crippen molar-refractivity contribution in [1.82, 2.24) is 14.4 Å². The predicted molar refractivity (Wildman–Crippen MR) is 70.1 cm³/mol. The minimum Gasteiger partial charge on any atom is -0.396 e. The molecule has 0 aliphatic heterocycles. The molecule has 2 aromatic rings. The van der Waals surface area contributed by atoms with E-state index in [9.17, 15) is 0 Å². The lowest BCUT2D eigenvalue weighted by molar-refractivity contribution is 0.260. The Balaban J connectivity index is 2.37. The summed E-state index contributed by atoms with van der Waals surface area (Å²) in [6, 6.07) is 0. The molecule has 0 aliphatic carbocycles. The Labute approximate surface area is 108 Å². The van der Waals surface area contributed by atoms with Crippen molar-refractivity contribution in [2.24, 2.45) is 0 Å². The van der Waals surface area contributed by atoms with Crippen LogP contribution in [-0.4, -0.2) is 31.6 Å². The number of aliphatic hydroxyl groups excluding tert-OH is 1. The maximum atomic E-state index is 9.02. The van der Waals surface area contributed by atoms with Crippen LogP contribution in [0.1, 0.15) is 20.3 Å². The van der Waals surface area contributed by atoms with Crippen molar-refractivity contribution in [2.75, 3.05) is 11.9 Å². The SMILES string of the molecule is CC(C)(CCO)Nc1nc(Br)cn2ccnc12. The number of anilines is 1. The van der Waals surface area contributed by atoms with Crippen LogP contribution in [0.5, 0.6) is 0 Å². The Hall–Kier alpha value is -1.14. The number of imidazole rings is 1. The van der Waals surface area contributed by atoms with Crippen LogP contribution in [0.3, 0.4) is 0 Å². The van der Waals surface area contributed by atoms with E-state index in [-0.39, 0.29) is 12.1 Å². The smallest absolute Gasteiger partial charge is 0.180 e. The summed E-state index contributed by atoms with van der Waals surface area (Å²) in [6.45, 7) is 4.18. The van der Waals surface area contributed by atoms with Gasteiger partial charge in [-0.25, -0.2) is 9.97 Å². The van der Waals surface area contributed by atoms with E-state index >= 15 is 0 Å². The summed E-state index contributed by atoms with van der Waals surface area (Å²) < 4.78 is 2.64. The summed E-state index contributed by atoms with van der Waals surface area (Å²) in [5.74, 6) is 0.711. The largest absolute Gasteiger partial charge is 0.396 e. The van der Waals surface area contributed by atoms with Crippen LogP contribution in [0.4, 0.5) is 5.82 Å². The molecule has 0 aliphatic rings. The van der Waals surface area contributed by atoms with E-state index in [1.54, 1.807) is 6.20 Å². The summed E-state index contributed by atoms with van der Waals surface area (Å²) in [6.07, 6.45) is 6.10. The predicted octanol–water partition coefficient (Wildman–Crippen LogP) is 2.06. The van der Waals surface area contributed by atoms with E-state index in [0.29, 0.717) is 12.2 Å². The van der Waals surface area contributed by atoms with Gasteiger partial charge in [0.15, 0.2) is 11.5 Å². The van der Waals surface area contributed by atoms with Crippen molar-refractivity contribution in [3.63, 3.8) is 0 Å². The third-order valence-electron chi connectivity index (χ3n) is 2.54. The van der Waals surface area contributed by atoms with E-state index in [2.05, 4.69) is 31.2 Å². The molecule has 0 atom stereocenters. The van der Waals surface area contributed by atoms with Gasteiger partial charge in [-0.1, -0.05) is 0 Å². The first-order chi connectivity index (χ1) is 8.02. The summed E-state index contributed by atoms with van der Waals surface area (Å²) in [5.41, 5.74) is 0.550. The molecule has 92 valence electrons. The Morgan fingerprint density at radius 2 is 2.29 bits per heavy atom. The Morgan fingerprint density at radius 3 is 3.00 bits per heavy atom. The summed E-state index contributed by atoms with van der Waals surface area (Å²) in [7, 11) is 0. The van der Waals surface area contributed by atoms with Gasteiger partial charge in [0.2, 0.25) is 0 Å². The van der Waals surface area contributed by atoms with Gasteiger partial charge in [-0.2, -0.15) is 0 Å². The van der Waals surface area contributed by atoms with Crippen LogP contribution in [0, 0.1) is 0 Å². The first-order valence-corrected chi connectivity index (χ1v) is 6.19. The zero-order valence-electron chi connectivity index (χ0n) is 9.81. The number of hydrogen-bond acceptors (Lipinski definition) is 4. The highest BCUT2D eigenvalue weighted by molar-refractivity contribution is 9.10. The number of aromatic nitrogens is 3. The van der Waals surface area contributed by atoms with Crippen LogP contribution in [0.15, 0.2) is 23.2 Å². The number of nitrogens with zero attached hydrogens (tertiary/aromatic N) is 3. The molecule has 0 saturated carbocycles. The average molecular weight is 299 g/mol. The van der Waals surface area contributed by atoms with Crippen molar-refractivity contribution in [1.29, 1.82) is 0 Å². The monoisotopic (exact) mass is 298 g/mol. The second kappa shape index (κ2) is 4.62. The van der Waals surface area contributed by atoms with Crippen LogP contribution in [0.2, 0.25) is 0 Å². The van der Waals surface area contributed by atoms with Crippen molar-refractivity contribution in [3.05, 3.63) is 23.2 Å². The maximum Gasteiger partial charge on any atom is 0.180 e. The van der Waals surface area contributed by atoms with Gasteiger partial charge in [0.1, 0.15) is 4.60 Å². The molecular formula is C11H15BrN4O. The first kappa shape index (κ1) is 12.3. The fraction of sp³-hybridized carbons (Fsp3) is 0.455. The lowest BCUT2D eigenvalue weighted by Gasteiger charge is -2.26. The highest BCUT2D eigenvalue weighted by Crippen LogP contribution is 2.22. The fourth-order valence-corrected chi connectivity index (χ4v) is 2.05. The number of nitrogens with one attached hydrogen (secondary N) is 1. The molecular weight excluding hydrogens is 284 g/mol. The highest BCUT2D eigenvalue weighted by Gasteiger charge is 2.19. The summed E-state index contributed by atoms with van der Waals surface area (Å²) >= 11 is 3.37. The number of aliphatic hydroxyl groups is 1. The van der Waals surface area contributed by atoms with E-state index in [0.717, 1.165) is 10.3 Å². The third-order valence-corrected chi connectivity index (χ3v) is 2.92. The second-order valence-electron chi connectivity index (χ2n) is 4.55. The van der Waals surface area contributed by atoms with Crippen molar-refractivity contribution >= 4 is 27.4 Å². The van der Waals surface area contributed by atoms with Crippen molar-refractivity contribution < 1.29 is 5.11 Å². The van der Waals surface area contributed by atoms with E-state index in [1.165, 1.54) is 0 Å². The third kappa shape index (κ3) is 2.76. The van der Waals surface area contributed by atoms with Gasteiger partial charge in [0.05, 0.1) is 0 Å². The van der Waals surface area contributed by atoms with Gasteiger partial charge in [-0.05, 0) is 36.2 Å². The van der Waals surface area contributed by atoms with Gasteiger partial charge in [0, 0.05) is 30.7 Å². The van der Waals surface area contributed by atoms with Gasteiger partial charge >= 0.3 is 0 Å². The highest BCUT2D eigenvalue weighted by atomic mass is 79.9. The number of fused-ring (bicyclic) bond motifs is 1. The van der Waals surface area contributed by atoms with Gasteiger partial charge in [0.25, 0.3) is 0 Å². The molecule has 0 radical (unpaired) electrons. The quantitative estimate of drug-likeness (QED) is 0.907. The Morgan fingerprint density at radius 1 is 1.53 bits per heavy atom. The van der Waals surface area contributed by atoms with Crippen LogP contribution in [0.25, 0.3) is 5.65 Å². The normalized spacial score (nSPS) is 12.0. The molecule has 0 amide bonds. The molecule has 2 N–H and O–H groups in total. The second-order valence-corrected chi connectivity index (χ2v) is 5.37. The molecule has 17 heavy (non-hydrogen) atoms. The topological polar surface area (TPSA) is 62.5 Å². The molecule has 0 spiro atoms. The van der Waals surface area contributed by atoms with Gasteiger partial charge in [-0.15, -0.1) is 0 Å². The maximum absolute atomic E-state index is 9.02. The molecule has 2 rings (SSSR count). The molecule has 2 heterocycles. The number of rotatable bonds is 4. The standard InChI is InChI=1S/C11H15BrN4O/c1-11(2,3-6-17)15-9-10-13-4-5-16(10)7-8(12)14-9/h4-5,7,17H,3,6H2,1-2H3,(H,14,15). The van der Waals surface area contributed by atoms with Crippen LogP contribution < -0.4 is 5.32 Å². The van der Waals surface area contributed by atoms with Crippen molar-refractivity contribution in [3.8, 4) is 0 Å². The zero-order chi connectivity index (χ0) is 12.5. The van der Waals surface area contributed by atoms with E-state index in [4.69, 9.17) is 5.11 Å². The van der Waals surface area contributed by atoms with E-state index in [1.807, 2.05) is 30.6 Å².